The third-order valence-electron chi connectivity index (χ3n) is 3.47. The molecule has 0 radical (unpaired) electrons. The van der Waals surface area contributed by atoms with Crippen molar-refractivity contribution in [1.82, 2.24) is 0 Å². The molecule has 2 nitrogen and oxygen atoms in total. The van der Waals surface area contributed by atoms with E-state index in [4.69, 9.17) is 11.6 Å². The average molecular weight is 309 g/mol. The second-order valence-electron chi connectivity index (χ2n) is 4.93. The van der Waals surface area contributed by atoms with Gasteiger partial charge in [0.25, 0.3) is 0 Å². The summed E-state index contributed by atoms with van der Waals surface area (Å²) in [5.41, 5.74) is 3.06. The average Bonchev–Trinajstić information content (AvgIpc) is 2.56. The van der Waals surface area contributed by atoms with E-state index in [0.717, 1.165) is 11.1 Å². The highest BCUT2D eigenvalue weighted by molar-refractivity contribution is 6.34. The lowest BCUT2D eigenvalue weighted by Crippen LogP contribution is -2.01. The fourth-order valence-electron chi connectivity index (χ4n) is 2.27. The minimum atomic E-state index is -0.0946. The van der Waals surface area contributed by atoms with E-state index in [-0.39, 0.29) is 11.5 Å². The van der Waals surface area contributed by atoms with Crippen LogP contribution < -0.4 is 0 Å². The van der Waals surface area contributed by atoms with Gasteiger partial charge in [0.15, 0.2) is 5.78 Å². The summed E-state index contributed by atoms with van der Waals surface area (Å²) in [7, 11) is 0. The molecule has 0 unspecified atom stereocenters. The molecule has 0 aromatic heterocycles. The van der Waals surface area contributed by atoms with Crippen LogP contribution in [0.2, 0.25) is 5.02 Å². The summed E-state index contributed by atoms with van der Waals surface area (Å²) in [4.78, 5) is 12.4. The van der Waals surface area contributed by atoms with E-state index in [9.17, 15) is 9.90 Å². The van der Waals surface area contributed by atoms with Gasteiger partial charge < -0.3 is 5.11 Å². The van der Waals surface area contributed by atoms with Crippen molar-refractivity contribution in [1.29, 1.82) is 0 Å². The van der Waals surface area contributed by atoms with Gasteiger partial charge in [-0.1, -0.05) is 60.1 Å². The minimum absolute atomic E-state index is 0.0946. The van der Waals surface area contributed by atoms with Crippen molar-refractivity contribution < 1.29 is 9.90 Å². The first kappa shape index (κ1) is 14.4. The maximum absolute atomic E-state index is 12.4. The van der Waals surface area contributed by atoms with E-state index < -0.39 is 0 Å². The number of carbonyl (C=O) groups excluding carboxylic acids is 1. The molecule has 0 aliphatic rings. The second-order valence-corrected chi connectivity index (χ2v) is 5.34. The molecule has 0 saturated carbocycles. The molecule has 0 bridgehead atoms. The highest BCUT2D eigenvalue weighted by Gasteiger charge is 2.12. The van der Waals surface area contributed by atoms with Gasteiger partial charge in [-0.25, -0.2) is 0 Å². The molecule has 0 aliphatic heterocycles. The Morgan fingerprint density at radius 2 is 1.32 bits per heavy atom. The van der Waals surface area contributed by atoms with Gasteiger partial charge in [0.2, 0.25) is 0 Å². The molecule has 0 spiro atoms. The Morgan fingerprint density at radius 3 is 1.91 bits per heavy atom. The molecule has 1 N–H and O–H groups in total. The van der Waals surface area contributed by atoms with Gasteiger partial charge in [0.1, 0.15) is 5.75 Å². The minimum Gasteiger partial charge on any atom is -0.508 e. The van der Waals surface area contributed by atoms with Crippen molar-refractivity contribution in [3.8, 4) is 16.9 Å². The quantitative estimate of drug-likeness (QED) is 0.696. The monoisotopic (exact) mass is 308 g/mol. The number of rotatable bonds is 3. The fraction of sp³-hybridized carbons (Fsp3) is 0. The lowest BCUT2D eigenvalue weighted by molar-refractivity contribution is 0.103. The second kappa shape index (κ2) is 6.04. The van der Waals surface area contributed by atoms with Gasteiger partial charge in [-0.15, -0.1) is 0 Å². The molecule has 0 fully saturated rings. The van der Waals surface area contributed by atoms with E-state index in [0.29, 0.717) is 16.1 Å². The number of halogens is 1. The molecule has 3 heteroatoms. The van der Waals surface area contributed by atoms with E-state index in [1.807, 2.05) is 24.3 Å². The molecule has 108 valence electrons. The van der Waals surface area contributed by atoms with Crippen LogP contribution in [0, 0.1) is 0 Å². The van der Waals surface area contributed by atoms with Gasteiger partial charge in [-0.2, -0.15) is 0 Å². The Bertz CT molecular complexity index is 806. The zero-order chi connectivity index (χ0) is 15.5. The number of carbonyl (C=O) groups is 1. The van der Waals surface area contributed by atoms with Gasteiger partial charge >= 0.3 is 0 Å². The van der Waals surface area contributed by atoms with Crippen LogP contribution in [0.4, 0.5) is 0 Å². The van der Waals surface area contributed by atoms with Crippen LogP contribution >= 0.6 is 11.6 Å². The predicted molar refractivity (Wildman–Crippen MR) is 88.4 cm³/mol. The topological polar surface area (TPSA) is 37.3 Å². The molecule has 3 aromatic rings. The van der Waals surface area contributed by atoms with Gasteiger partial charge in [-0.05, 0) is 35.4 Å². The Balaban J connectivity index is 1.90. The standard InChI is InChI=1S/C19H13ClO2/c20-18-4-2-1-3-17(18)19(22)15-7-5-13(6-8-15)14-9-11-16(21)12-10-14/h1-12,21H. The van der Waals surface area contributed by atoms with Gasteiger partial charge in [0.05, 0.1) is 5.02 Å². The van der Waals surface area contributed by atoms with E-state index in [1.165, 1.54) is 0 Å². The van der Waals surface area contributed by atoms with Crippen LogP contribution in [0.5, 0.6) is 5.75 Å². The van der Waals surface area contributed by atoms with Gasteiger partial charge in [-0.3, -0.25) is 4.79 Å². The zero-order valence-electron chi connectivity index (χ0n) is 11.7. The van der Waals surface area contributed by atoms with Crippen molar-refractivity contribution in [3.05, 3.63) is 88.9 Å². The van der Waals surface area contributed by atoms with Crippen LogP contribution in [0.25, 0.3) is 11.1 Å². The van der Waals surface area contributed by atoms with Crippen LogP contribution in [0.15, 0.2) is 72.8 Å². The number of phenolic OH excluding ortho intramolecular Hbond substituents is 1. The Kier molecular flexibility index (Phi) is 3.94. The van der Waals surface area contributed by atoms with Crippen molar-refractivity contribution >= 4 is 17.4 Å². The molecule has 0 atom stereocenters. The van der Waals surface area contributed by atoms with Gasteiger partial charge in [0, 0.05) is 11.1 Å². The lowest BCUT2D eigenvalue weighted by atomic mass is 9.99. The Morgan fingerprint density at radius 1 is 0.773 bits per heavy atom. The summed E-state index contributed by atoms with van der Waals surface area (Å²) in [6.45, 7) is 0. The fourth-order valence-corrected chi connectivity index (χ4v) is 2.49. The number of ketones is 1. The molecule has 0 saturated heterocycles. The maximum atomic E-state index is 12.4. The predicted octanol–water partition coefficient (Wildman–Crippen LogP) is 4.94. The number of aromatic hydroxyl groups is 1. The summed E-state index contributed by atoms with van der Waals surface area (Å²) < 4.78 is 0. The largest absolute Gasteiger partial charge is 0.508 e. The molecular weight excluding hydrogens is 296 g/mol. The van der Waals surface area contributed by atoms with Crippen LogP contribution in [0.1, 0.15) is 15.9 Å². The summed E-state index contributed by atoms with van der Waals surface area (Å²) in [5.74, 6) is 0.136. The van der Waals surface area contributed by atoms with Crippen LogP contribution in [-0.4, -0.2) is 10.9 Å². The molecular formula is C19H13ClO2. The van der Waals surface area contributed by atoms with E-state index in [1.54, 1.807) is 48.5 Å². The molecule has 0 heterocycles. The first-order chi connectivity index (χ1) is 10.6. The number of phenols is 1. The Labute approximate surface area is 133 Å². The first-order valence-electron chi connectivity index (χ1n) is 6.84. The third-order valence-corrected chi connectivity index (χ3v) is 3.80. The van der Waals surface area contributed by atoms with E-state index in [2.05, 4.69) is 0 Å². The Hall–Kier alpha value is -2.58. The highest BCUT2D eigenvalue weighted by atomic mass is 35.5. The number of hydrogen-bond donors (Lipinski definition) is 1. The van der Waals surface area contributed by atoms with Crippen LogP contribution in [0.3, 0.4) is 0 Å². The van der Waals surface area contributed by atoms with Crippen LogP contribution in [-0.2, 0) is 0 Å². The first-order valence-corrected chi connectivity index (χ1v) is 7.21. The molecule has 3 rings (SSSR count). The van der Waals surface area contributed by atoms with E-state index >= 15 is 0 Å². The molecule has 0 amide bonds. The van der Waals surface area contributed by atoms with Crippen molar-refractivity contribution in [3.63, 3.8) is 0 Å². The normalized spacial score (nSPS) is 10.4. The summed E-state index contributed by atoms with van der Waals surface area (Å²) in [6, 6.07) is 21.3. The number of benzene rings is 3. The van der Waals surface area contributed by atoms with Crippen molar-refractivity contribution in [2.45, 2.75) is 0 Å². The zero-order valence-corrected chi connectivity index (χ0v) is 12.4. The summed E-state index contributed by atoms with van der Waals surface area (Å²) in [5, 5.41) is 9.77. The molecule has 22 heavy (non-hydrogen) atoms. The summed E-state index contributed by atoms with van der Waals surface area (Å²) >= 11 is 6.07. The SMILES string of the molecule is O=C(c1ccc(-c2ccc(O)cc2)cc1)c1ccccc1Cl. The third kappa shape index (κ3) is 2.87. The highest BCUT2D eigenvalue weighted by Crippen LogP contribution is 2.24. The number of hydrogen-bond acceptors (Lipinski definition) is 2. The van der Waals surface area contributed by atoms with Crippen molar-refractivity contribution in [2.75, 3.05) is 0 Å². The van der Waals surface area contributed by atoms with Crippen molar-refractivity contribution in [2.24, 2.45) is 0 Å². The molecule has 3 aromatic carbocycles. The summed E-state index contributed by atoms with van der Waals surface area (Å²) in [6.07, 6.45) is 0. The maximum Gasteiger partial charge on any atom is 0.194 e. The smallest absolute Gasteiger partial charge is 0.194 e. The lowest BCUT2D eigenvalue weighted by Gasteiger charge is -2.06. The molecule has 0 aliphatic carbocycles.